The Morgan fingerprint density at radius 2 is 0.952 bits per heavy atom. The Labute approximate surface area is 255 Å². The normalized spacial score (nSPS) is 14.1. The molecule has 5 nitrogen and oxygen atoms in total. The molecular weight excluding hydrogens is 544 g/mol. The molecule has 0 aliphatic heterocycles. The molecule has 6 heteroatoms. The lowest BCUT2D eigenvalue weighted by molar-refractivity contribution is -0.174. The minimum atomic E-state index is -0.999. The number of rotatable bonds is 18. The summed E-state index contributed by atoms with van der Waals surface area (Å²) in [6.45, 7) is 3.39. The van der Waals surface area contributed by atoms with Crippen LogP contribution in [0.1, 0.15) is 35.6 Å². The van der Waals surface area contributed by atoms with E-state index in [0.717, 1.165) is 22.3 Å². The molecule has 4 aromatic rings. The highest BCUT2D eigenvalue weighted by atomic mass is 32.1. The predicted molar refractivity (Wildman–Crippen MR) is 170 cm³/mol. The highest BCUT2D eigenvalue weighted by Gasteiger charge is 2.39. The van der Waals surface area contributed by atoms with Crippen LogP contribution in [-0.4, -0.2) is 41.0 Å². The van der Waals surface area contributed by atoms with E-state index >= 15 is 0 Å². The van der Waals surface area contributed by atoms with Gasteiger partial charge in [-0.2, -0.15) is 0 Å². The zero-order valence-electron chi connectivity index (χ0n) is 24.1. The molecule has 0 aliphatic rings. The first-order chi connectivity index (χ1) is 20.6. The molecule has 0 radical (unpaired) electrons. The van der Waals surface area contributed by atoms with Crippen molar-refractivity contribution in [1.29, 1.82) is 0 Å². The molecule has 220 valence electrons. The number of hydrogen-bond donors (Lipinski definition) is 1. The van der Waals surface area contributed by atoms with Gasteiger partial charge in [-0.1, -0.05) is 140 Å². The summed E-state index contributed by atoms with van der Waals surface area (Å²) in [7, 11) is 0. The van der Waals surface area contributed by atoms with E-state index in [1.807, 2.05) is 128 Å². The Hall–Kier alpha value is -3.23. The van der Waals surface area contributed by atoms with Crippen LogP contribution < -0.4 is 0 Å². The fraction of sp³-hybridized carbons (Fsp3) is 0.306. The summed E-state index contributed by atoms with van der Waals surface area (Å²) in [5.41, 5.74) is 4.04. The maximum atomic E-state index is 11.6. The van der Waals surface area contributed by atoms with Crippen LogP contribution in [0.3, 0.4) is 0 Å². The molecule has 1 N–H and O–H groups in total. The van der Waals surface area contributed by atoms with Gasteiger partial charge in [0.1, 0.15) is 24.4 Å². The van der Waals surface area contributed by atoms with E-state index in [2.05, 4.69) is 0 Å². The molecule has 4 rings (SSSR count). The Morgan fingerprint density at radius 3 is 1.38 bits per heavy atom. The van der Waals surface area contributed by atoms with Crippen LogP contribution in [0.25, 0.3) is 0 Å². The zero-order valence-corrected chi connectivity index (χ0v) is 24.9. The van der Waals surface area contributed by atoms with Crippen molar-refractivity contribution in [3.8, 4) is 0 Å². The minimum absolute atomic E-state index is 0.0594. The topological polar surface area (TPSA) is 57.2 Å². The van der Waals surface area contributed by atoms with Gasteiger partial charge in [-0.3, -0.25) is 0 Å². The van der Waals surface area contributed by atoms with Gasteiger partial charge >= 0.3 is 0 Å². The van der Waals surface area contributed by atoms with Crippen molar-refractivity contribution in [2.24, 2.45) is 0 Å². The van der Waals surface area contributed by atoms with E-state index in [9.17, 15) is 5.11 Å². The summed E-state index contributed by atoms with van der Waals surface area (Å²) >= 11 is 5.86. The minimum Gasteiger partial charge on any atom is -0.388 e. The molecule has 0 saturated heterocycles. The molecule has 0 spiro atoms. The van der Waals surface area contributed by atoms with Crippen LogP contribution in [0, 0.1) is 0 Å². The third-order valence-corrected chi connectivity index (χ3v) is 7.43. The maximum absolute atomic E-state index is 11.6. The second-order valence-corrected chi connectivity index (χ2v) is 10.7. The predicted octanol–water partition coefficient (Wildman–Crippen LogP) is 7.10. The molecule has 0 amide bonds. The highest BCUT2D eigenvalue weighted by Crippen LogP contribution is 2.23. The monoisotopic (exact) mass is 584 g/mol. The number of benzene rings is 4. The largest absolute Gasteiger partial charge is 0.388 e. The van der Waals surface area contributed by atoms with Crippen molar-refractivity contribution < 1.29 is 24.1 Å². The van der Waals surface area contributed by atoms with E-state index in [1.54, 1.807) is 0 Å². The lowest BCUT2D eigenvalue weighted by Crippen LogP contribution is -2.52. The van der Waals surface area contributed by atoms with Gasteiger partial charge in [-0.05, 0) is 28.7 Å². The van der Waals surface area contributed by atoms with Crippen LogP contribution in [0.2, 0.25) is 0 Å². The third kappa shape index (κ3) is 10.2. The number of thiocarbonyl (C=S) groups is 1. The number of aliphatic hydroxyl groups is 1. The average molecular weight is 585 g/mol. The second-order valence-electron chi connectivity index (χ2n) is 10.1. The lowest BCUT2D eigenvalue weighted by atomic mass is 9.98. The first kappa shape index (κ1) is 31.7. The first-order valence-electron chi connectivity index (χ1n) is 14.4. The number of hydrogen-bond acceptors (Lipinski definition) is 6. The Morgan fingerprint density at radius 1 is 0.571 bits per heavy atom. The standard InChI is InChI=1S/C36H40O5S/c1-2-33(42)35(40-25-30-19-11-5-12-20-30)36(41-26-31-21-13-6-14-22-31)34(39-24-29-17-9-4-10-18-29)32(37)27-38-23-28-15-7-3-8-16-28/h3-22,32,34-37H,2,23-27H2,1H3/t32-,34+,35+,36+/m1/s1. The molecule has 0 aromatic heterocycles. The second kappa shape index (κ2) is 17.7. The number of ether oxygens (including phenoxy) is 4. The van der Waals surface area contributed by atoms with Crippen molar-refractivity contribution in [2.45, 2.75) is 64.2 Å². The van der Waals surface area contributed by atoms with Gasteiger partial charge in [-0.25, -0.2) is 0 Å². The third-order valence-electron chi connectivity index (χ3n) is 6.91. The van der Waals surface area contributed by atoms with Gasteiger partial charge in [-0.15, -0.1) is 0 Å². The molecule has 4 atom stereocenters. The molecule has 0 aliphatic carbocycles. The molecule has 0 unspecified atom stereocenters. The van der Waals surface area contributed by atoms with Crippen LogP contribution in [-0.2, 0) is 45.4 Å². The van der Waals surface area contributed by atoms with Gasteiger partial charge in [0.15, 0.2) is 0 Å². The fourth-order valence-corrected chi connectivity index (χ4v) is 4.81. The molecule has 0 saturated carbocycles. The van der Waals surface area contributed by atoms with Crippen molar-refractivity contribution in [3.05, 3.63) is 144 Å². The van der Waals surface area contributed by atoms with Crippen LogP contribution in [0.4, 0.5) is 0 Å². The Kier molecular flexibility index (Phi) is 13.3. The van der Waals surface area contributed by atoms with Gasteiger partial charge in [0.2, 0.25) is 0 Å². The van der Waals surface area contributed by atoms with Crippen LogP contribution in [0.5, 0.6) is 0 Å². The Bertz CT molecular complexity index is 1290. The Balaban J connectivity index is 1.59. The van der Waals surface area contributed by atoms with E-state index in [0.29, 0.717) is 31.1 Å². The van der Waals surface area contributed by atoms with E-state index in [-0.39, 0.29) is 13.2 Å². The van der Waals surface area contributed by atoms with Crippen LogP contribution in [0.15, 0.2) is 121 Å². The van der Waals surface area contributed by atoms with Gasteiger partial charge in [0.05, 0.1) is 33.0 Å². The van der Waals surface area contributed by atoms with Gasteiger partial charge < -0.3 is 24.1 Å². The average Bonchev–Trinajstić information content (AvgIpc) is 3.05. The maximum Gasteiger partial charge on any atom is 0.118 e. The fourth-order valence-electron chi connectivity index (χ4n) is 4.61. The summed E-state index contributed by atoms with van der Waals surface area (Å²) in [4.78, 5) is 0.703. The van der Waals surface area contributed by atoms with Gasteiger partial charge in [0.25, 0.3) is 0 Å². The van der Waals surface area contributed by atoms with E-state index < -0.39 is 24.4 Å². The highest BCUT2D eigenvalue weighted by molar-refractivity contribution is 7.80. The molecule has 42 heavy (non-hydrogen) atoms. The van der Waals surface area contributed by atoms with Crippen molar-refractivity contribution in [3.63, 3.8) is 0 Å². The zero-order chi connectivity index (χ0) is 29.4. The molecule has 4 aromatic carbocycles. The summed E-state index contributed by atoms with van der Waals surface area (Å²) in [5, 5.41) is 11.6. The van der Waals surface area contributed by atoms with Crippen LogP contribution >= 0.6 is 12.2 Å². The summed E-state index contributed by atoms with van der Waals surface area (Å²) in [6.07, 6.45) is -2.46. The molecule has 0 heterocycles. The molecule has 0 bridgehead atoms. The quantitative estimate of drug-likeness (QED) is 0.126. The molecular formula is C36H40O5S. The van der Waals surface area contributed by atoms with E-state index in [4.69, 9.17) is 31.2 Å². The van der Waals surface area contributed by atoms with E-state index in [1.165, 1.54) is 0 Å². The first-order valence-corrected chi connectivity index (χ1v) is 14.8. The lowest BCUT2D eigenvalue weighted by Gasteiger charge is -2.36. The van der Waals surface area contributed by atoms with Crippen molar-refractivity contribution in [2.75, 3.05) is 6.61 Å². The van der Waals surface area contributed by atoms with Gasteiger partial charge in [0, 0.05) is 4.86 Å². The summed E-state index contributed by atoms with van der Waals surface area (Å²) in [6, 6.07) is 39.7. The SMILES string of the molecule is CCC(=S)[C@H](OCc1ccccc1)[C@@H](OCc1ccccc1)[C@@H](OCc1ccccc1)[C@H](O)COCc1ccccc1. The van der Waals surface area contributed by atoms with Crippen molar-refractivity contribution >= 4 is 17.1 Å². The molecule has 0 fully saturated rings. The number of aliphatic hydroxyl groups excluding tert-OH is 1. The van der Waals surface area contributed by atoms with Crippen molar-refractivity contribution in [1.82, 2.24) is 0 Å². The summed E-state index contributed by atoms with van der Waals surface area (Å²) < 4.78 is 25.5. The summed E-state index contributed by atoms with van der Waals surface area (Å²) in [5.74, 6) is 0. The smallest absolute Gasteiger partial charge is 0.118 e.